The lowest BCUT2D eigenvalue weighted by Gasteiger charge is -2.04. The summed E-state index contributed by atoms with van der Waals surface area (Å²) in [7, 11) is 0. The minimum Gasteiger partial charge on any atom is -0.465 e. The number of rotatable bonds is 5. The Morgan fingerprint density at radius 2 is 2.26 bits per heavy atom. The number of furan rings is 1. The Balaban J connectivity index is 2.04. The number of hydrogen-bond acceptors (Lipinski definition) is 6. The molecule has 2 N–H and O–H groups in total. The van der Waals surface area contributed by atoms with E-state index in [1.807, 2.05) is 0 Å². The molecule has 0 aliphatic heterocycles. The minimum absolute atomic E-state index is 0.163. The van der Waals surface area contributed by atoms with E-state index >= 15 is 0 Å². The molecule has 0 radical (unpaired) electrons. The van der Waals surface area contributed by atoms with Crippen LogP contribution in [0, 0.1) is 6.92 Å². The van der Waals surface area contributed by atoms with E-state index in [1.165, 1.54) is 23.7 Å². The Morgan fingerprint density at radius 1 is 1.48 bits per heavy atom. The van der Waals surface area contributed by atoms with Crippen molar-refractivity contribution in [1.82, 2.24) is 10.3 Å². The number of amides is 1. The number of aryl methyl sites for hydroxylation is 1. The Labute approximate surface area is 142 Å². The van der Waals surface area contributed by atoms with Crippen LogP contribution in [0.25, 0.3) is 6.08 Å². The SMILES string of the molecule is CCC(=O)NC(=S)Nc1nc(C)c(C(=O)C=Cc2ccco2)s1. The van der Waals surface area contributed by atoms with Gasteiger partial charge < -0.3 is 15.1 Å². The van der Waals surface area contributed by atoms with Crippen molar-refractivity contribution in [2.24, 2.45) is 0 Å². The fourth-order valence-electron chi connectivity index (χ4n) is 1.64. The van der Waals surface area contributed by atoms with Crippen LogP contribution in [0.15, 0.2) is 28.9 Å². The van der Waals surface area contributed by atoms with Crippen LogP contribution in [0.5, 0.6) is 0 Å². The van der Waals surface area contributed by atoms with Gasteiger partial charge in [-0.15, -0.1) is 0 Å². The molecule has 2 aromatic rings. The summed E-state index contributed by atoms with van der Waals surface area (Å²) in [5.41, 5.74) is 0.594. The van der Waals surface area contributed by atoms with Crippen LogP contribution in [-0.2, 0) is 4.79 Å². The van der Waals surface area contributed by atoms with Crippen molar-refractivity contribution in [2.45, 2.75) is 20.3 Å². The van der Waals surface area contributed by atoms with E-state index < -0.39 is 0 Å². The molecular formula is C15H15N3O3S2. The molecule has 0 bridgehead atoms. The predicted molar refractivity (Wildman–Crippen MR) is 93.6 cm³/mol. The molecule has 0 fully saturated rings. The van der Waals surface area contributed by atoms with Gasteiger partial charge in [0.05, 0.1) is 16.8 Å². The monoisotopic (exact) mass is 349 g/mol. The van der Waals surface area contributed by atoms with Gasteiger partial charge in [-0.05, 0) is 43.4 Å². The molecule has 0 unspecified atom stereocenters. The van der Waals surface area contributed by atoms with E-state index in [1.54, 1.807) is 32.1 Å². The van der Waals surface area contributed by atoms with Gasteiger partial charge >= 0.3 is 0 Å². The first-order valence-corrected chi connectivity index (χ1v) is 8.06. The van der Waals surface area contributed by atoms with Crippen molar-refractivity contribution >= 4 is 51.6 Å². The van der Waals surface area contributed by atoms with Gasteiger partial charge in [0.15, 0.2) is 16.0 Å². The van der Waals surface area contributed by atoms with E-state index in [0.29, 0.717) is 27.9 Å². The summed E-state index contributed by atoms with van der Waals surface area (Å²) in [5, 5.41) is 5.94. The lowest BCUT2D eigenvalue weighted by atomic mass is 10.2. The Hall–Kier alpha value is -2.32. The van der Waals surface area contributed by atoms with Crippen LogP contribution in [0.3, 0.4) is 0 Å². The molecule has 2 heterocycles. The molecule has 6 nitrogen and oxygen atoms in total. The molecule has 0 aliphatic carbocycles. The molecule has 23 heavy (non-hydrogen) atoms. The fraction of sp³-hybridized carbons (Fsp3) is 0.200. The maximum Gasteiger partial charge on any atom is 0.225 e. The largest absolute Gasteiger partial charge is 0.465 e. The molecule has 0 saturated heterocycles. The number of thiocarbonyl (C=S) groups is 1. The van der Waals surface area contributed by atoms with Gasteiger partial charge in [0, 0.05) is 6.42 Å². The van der Waals surface area contributed by atoms with Gasteiger partial charge in [0.25, 0.3) is 0 Å². The van der Waals surface area contributed by atoms with Crippen LogP contribution < -0.4 is 10.6 Å². The molecule has 2 rings (SSSR count). The molecule has 8 heteroatoms. The molecule has 0 saturated carbocycles. The van der Waals surface area contributed by atoms with Gasteiger partial charge in [0.1, 0.15) is 5.76 Å². The number of nitrogens with zero attached hydrogens (tertiary/aromatic N) is 1. The first-order valence-electron chi connectivity index (χ1n) is 6.83. The van der Waals surface area contributed by atoms with Crippen molar-refractivity contribution in [2.75, 3.05) is 5.32 Å². The highest BCUT2D eigenvalue weighted by Crippen LogP contribution is 2.23. The van der Waals surface area contributed by atoms with Gasteiger partial charge in [-0.2, -0.15) is 0 Å². The van der Waals surface area contributed by atoms with E-state index in [9.17, 15) is 9.59 Å². The third kappa shape index (κ3) is 4.83. The van der Waals surface area contributed by atoms with E-state index in [4.69, 9.17) is 16.6 Å². The number of aromatic nitrogens is 1. The Kier molecular flexibility index (Phi) is 5.78. The quantitative estimate of drug-likeness (QED) is 0.490. The second-order valence-corrected chi connectivity index (χ2v) is 5.91. The highest BCUT2D eigenvalue weighted by atomic mass is 32.1. The summed E-state index contributed by atoms with van der Waals surface area (Å²) < 4.78 is 5.13. The smallest absolute Gasteiger partial charge is 0.225 e. The van der Waals surface area contributed by atoms with Gasteiger partial charge in [0.2, 0.25) is 5.91 Å². The molecule has 1 amide bonds. The zero-order valence-electron chi connectivity index (χ0n) is 12.6. The normalized spacial score (nSPS) is 10.7. The average molecular weight is 349 g/mol. The highest BCUT2D eigenvalue weighted by Gasteiger charge is 2.14. The lowest BCUT2D eigenvalue weighted by Crippen LogP contribution is -2.33. The van der Waals surface area contributed by atoms with Crippen LogP contribution in [0.4, 0.5) is 5.13 Å². The number of ketones is 1. The summed E-state index contributed by atoms with van der Waals surface area (Å²) in [6.07, 6.45) is 4.90. The van der Waals surface area contributed by atoms with Crippen molar-refractivity contribution in [1.29, 1.82) is 0 Å². The lowest BCUT2D eigenvalue weighted by molar-refractivity contribution is -0.119. The third-order valence-corrected chi connectivity index (χ3v) is 4.05. The summed E-state index contributed by atoms with van der Waals surface area (Å²) in [6.45, 7) is 3.47. The molecule has 2 aromatic heterocycles. The fourth-order valence-corrected chi connectivity index (χ4v) is 2.81. The van der Waals surface area contributed by atoms with Gasteiger partial charge in [-0.1, -0.05) is 18.3 Å². The highest BCUT2D eigenvalue weighted by molar-refractivity contribution is 7.80. The summed E-state index contributed by atoms with van der Waals surface area (Å²) in [4.78, 5) is 28.2. The van der Waals surface area contributed by atoms with E-state index in [-0.39, 0.29) is 16.8 Å². The number of nitrogens with one attached hydrogen (secondary N) is 2. The van der Waals surface area contributed by atoms with Crippen LogP contribution in [-0.4, -0.2) is 21.8 Å². The standard InChI is InChI=1S/C15H15N3O3S2/c1-3-12(20)17-14(22)18-15-16-9(2)13(23-15)11(19)7-6-10-5-4-8-21-10/h4-8H,3H2,1-2H3,(H2,16,17,18,20,22). The second kappa shape index (κ2) is 7.80. The summed E-state index contributed by atoms with van der Waals surface area (Å²) >= 11 is 6.19. The topological polar surface area (TPSA) is 84.2 Å². The Bertz CT molecular complexity index is 748. The molecular weight excluding hydrogens is 334 g/mol. The molecule has 0 aliphatic rings. The molecule has 0 spiro atoms. The molecule has 120 valence electrons. The maximum atomic E-state index is 12.2. The number of anilines is 1. The summed E-state index contributed by atoms with van der Waals surface area (Å²) in [5.74, 6) is 0.240. The number of carbonyl (C=O) groups is 2. The van der Waals surface area contributed by atoms with Crippen LogP contribution >= 0.6 is 23.6 Å². The van der Waals surface area contributed by atoms with E-state index in [2.05, 4.69) is 15.6 Å². The maximum absolute atomic E-state index is 12.2. The number of allylic oxidation sites excluding steroid dienone is 1. The zero-order chi connectivity index (χ0) is 16.8. The zero-order valence-corrected chi connectivity index (χ0v) is 14.2. The van der Waals surface area contributed by atoms with Crippen LogP contribution in [0.2, 0.25) is 0 Å². The first kappa shape index (κ1) is 17.0. The first-order chi connectivity index (χ1) is 11.0. The van der Waals surface area contributed by atoms with Gasteiger partial charge in [-0.3, -0.25) is 9.59 Å². The van der Waals surface area contributed by atoms with Crippen molar-refractivity contribution in [3.63, 3.8) is 0 Å². The molecule has 0 aromatic carbocycles. The second-order valence-electron chi connectivity index (χ2n) is 4.50. The predicted octanol–water partition coefficient (Wildman–Crippen LogP) is 3.16. The average Bonchev–Trinajstić information content (AvgIpc) is 3.14. The summed E-state index contributed by atoms with van der Waals surface area (Å²) in [6, 6.07) is 3.50. The Morgan fingerprint density at radius 3 is 2.91 bits per heavy atom. The number of hydrogen-bond donors (Lipinski definition) is 2. The van der Waals surface area contributed by atoms with Crippen LogP contribution in [0.1, 0.15) is 34.5 Å². The minimum atomic E-state index is -0.187. The van der Waals surface area contributed by atoms with Crippen molar-refractivity contribution in [3.05, 3.63) is 40.8 Å². The number of thiazole rings is 1. The third-order valence-electron chi connectivity index (χ3n) is 2.76. The number of carbonyl (C=O) groups excluding carboxylic acids is 2. The van der Waals surface area contributed by atoms with Gasteiger partial charge in [-0.25, -0.2) is 4.98 Å². The van der Waals surface area contributed by atoms with Crippen molar-refractivity contribution in [3.8, 4) is 0 Å². The van der Waals surface area contributed by atoms with Crippen molar-refractivity contribution < 1.29 is 14.0 Å². The molecule has 0 atom stereocenters. The van der Waals surface area contributed by atoms with E-state index in [0.717, 1.165) is 0 Å².